The van der Waals surface area contributed by atoms with Crippen LogP contribution in [0.5, 0.6) is 17.2 Å². The van der Waals surface area contributed by atoms with Gasteiger partial charge in [-0.15, -0.1) is 11.8 Å². The van der Waals surface area contributed by atoms with Crippen molar-refractivity contribution in [2.75, 3.05) is 32.0 Å². The van der Waals surface area contributed by atoms with Gasteiger partial charge in [0.1, 0.15) is 17.2 Å². The number of benzene rings is 3. The zero-order valence-corrected chi connectivity index (χ0v) is 20.4. The van der Waals surface area contributed by atoms with Crippen molar-refractivity contribution in [2.45, 2.75) is 23.5 Å². The zero-order chi connectivity index (χ0) is 24.5. The predicted molar refractivity (Wildman–Crippen MR) is 136 cm³/mol. The number of methoxy groups -OCH3 is 3. The molecule has 0 aliphatic heterocycles. The van der Waals surface area contributed by atoms with E-state index in [4.69, 9.17) is 14.2 Å². The minimum atomic E-state index is -0.347. The van der Waals surface area contributed by atoms with E-state index in [1.54, 1.807) is 63.8 Å². The molecule has 2 amide bonds. The molecule has 7 nitrogen and oxygen atoms in total. The Labute approximate surface area is 203 Å². The van der Waals surface area contributed by atoms with Gasteiger partial charge in [-0.1, -0.05) is 19.1 Å². The molecule has 3 aromatic rings. The van der Waals surface area contributed by atoms with Crippen LogP contribution in [0.3, 0.4) is 0 Å². The fraction of sp³-hybridized carbons (Fsp3) is 0.231. The summed E-state index contributed by atoms with van der Waals surface area (Å²) in [5, 5.41) is 5.49. The Morgan fingerprint density at radius 1 is 0.853 bits per heavy atom. The van der Waals surface area contributed by atoms with E-state index in [0.717, 1.165) is 4.90 Å². The van der Waals surface area contributed by atoms with Gasteiger partial charge >= 0.3 is 0 Å². The summed E-state index contributed by atoms with van der Waals surface area (Å²) in [7, 11) is 4.68. The zero-order valence-electron chi connectivity index (χ0n) is 19.6. The average molecular weight is 481 g/mol. The molecular weight excluding hydrogens is 452 g/mol. The summed E-state index contributed by atoms with van der Waals surface area (Å²) in [6.45, 7) is 1.95. The lowest BCUT2D eigenvalue weighted by Gasteiger charge is -2.17. The minimum absolute atomic E-state index is 0.148. The first kappa shape index (κ1) is 25.0. The van der Waals surface area contributed by atoms with Crippen molar-refractivity contribution in [2.24, 2.45) is 0 Å². The summed E-state index contributed by atoms with van der Waals surface area (Å²) in [6, 6.07) is 19.6. The lowest BCUT2D eigenvalue weighted by Crippen LogP contribution is -2.24. The van der Waals surface area contributed by atoms with Crippen LogP contribution in [0.4, 0.5) is 11.4 Å². The Morgan fingerprint density at radius 2 is 1.59 bits per heavy atom. The van der Waals surface area contributed by atoms with Gasteiger partial charge in [0.15, 0.2) is 0 Å². The summed E-state index contributed by atoms with van der Waals surface area (Å²) < 4.78 is 15.8. The van der Waals surface area contributed by atoms with Crippen LogP contribution in [0.25, 0.3) is 0 Å². The number of hydrogen-bond acceptors (Lipinski definition) is 6. The van der Waals surface area contributed by atoms with E-state index in [9.17, 15) is 9.59 Å². The lowest BCUT2D eigenvalue weighted by molar-refractivity contribution is -0.115. The molecule has 1 atom stereocenters. The van der Waals surface area contributed by atoms with Crippen LogP contribution >= 0.6 is 11.8 Å². The SMILES string of the molecule is CCC(Sc1cccc(NC(=O)c2cccc(OC)c2)c1)C(=O)Nc1cc(OC)ccc1OC. The monoisotopic (exact) mass is 480 g/mol. The van der Waals surface area contributed by atoms with Gasteiger partial charge in [0.2, 0.25) is 5.91 Å². The second kappa shape index (κ2) is 12.0. The molecule has 1 unspecified atom stereocenters. The Kier molecular flexibility index (Phi) is 8.81. The minimum Gasteiger partial charge on any atom is -0.497 e. The predicted octanol–water partition coefficient (Wildman–Crippen LogP) is 5.47. The van der Waals surface area contributed by atoms with Crippen molar-refractivity contribution in [3.8, 4) is 17.2 Å². The van der Waals surface area contributed by atoms with Crippen LogP contribution in [0, 0.1) is 0 Å². The number of rotatable bonds is 10. The molecular formula is C26H28N2O5S. The van der Waals surface area contributed by atoms with Gasteiger partial charge in [0, 0.05) is 22.2 Å². The number of anilines is 2. The Bertz CT molecular complexity index is 1150. The first-order chi connectivity index (χ1) is 16.5. The summed E-state index contributed by atoms with van der Waals surface area (Å²) in [5.41, 5.74) is 1.68. The van der Waals surface area contributed by atoms with E-state index in [1.165, 1.54) is 11.8 Å². The summed E-state index contributed by atoms with van der Waals surface area (Å²) in [5.74, 6) is 1.40. The topological polar surface area (TPSA) is 85.9 Å². The van der Waals surface area contributed by atoms with Crippen LogP contribution in [0.15, 0.2) is 71.6 Å². The molecule has 178 valence electrons. The molecule has 0 heterocycles. The Morgan fingerprint density at radius 3 is 2.29 bits per heavy atom. The normalized spacial score (nSPS) is 11.3. The first-order valence-corrected chi connectivity index (χ1v) is 11.6. The van der Waals surface area contributed by atoms with E-state index < -0.39 is 0 Å². The van der Waals surface area contributed by atoms with Crippen LogP contribution in [0.1, 0.15) is 23.7 Å². The lowest BCUT2D eigenvalue weighted by atomic mass is 10.2. The number of carbonyl (C=O) groups excluding carboxylic acids is 2. The molecule has 0 fully saturated rings. The molecule has 8 heteroatoms. The van der Waals surface area contributed by atoms with E-state index in [-0.39, 0.29) is 17.1 Å². The molecule has 0 aliphatic carbocycles. The van der Waals surface area contributed by atoms with Crippen molar-refractivity contribution in [3.05, 3.63) is 72.3 Å². The van der Waals surface area contributed by atoms with Gasteiger partial charge in [-0.25, -0.2) is 0 Å². The number of thioether (sulfide) groups is 1. The molecule has 0 saturated carbocycles. The molecule has 3 rings (SSSR count). The first-order valence-electron chi connectivity index (χ1n) is 10.7. The van der Waals surface area contributed by atoms with Crippen molar-refractivity contribution in [1.29, 1.82) is 0 Å². The third-order valence-corrected chi connectivity index (χ3v) is 6.39. The second-order valence-electron chi connectivity index (χ2n) is 7.28. The third-order valence-electron chi connectivity index (χ3n) is 5.03. The number of ether oxygens (including phenoxy) is 3. The van der Waals surface area contributed by atoms with Crippen LogP contribution in [0.2, 0.25) is 0 Å². The second-order valence-corrected chi connectivity index (χ2v) is 8.56. The molecule has 0 bridgehead atoms. The molecule has 2 N–H and O–H groups in total. The van der Waals surface area contributed by atoms with Crippen molar-refractivity contribution in [3.63, 3.8) is 0 Å². The highest BCUT2D eigenvalue weighted by Crippen LogP contribution is 2.32. The van der Waals surface area contributed by atoms with Gasteiger partial charge in [-0.05, 0) is 55.0 Å². The third kappa shape index (κ3) is 6.45. The van der Waals surface area contributed by atoms with Crippen molar-refractivity contribution >= 4 is 35.0 Å². The maximum Gasteiger partial charge on any atom is 0.255 e. The smallest absolute Gasteiger partial charge is 0.255 e. The van der Waals surface area contributed by atoms with Crippen LogP contribution in [-0.2, 0) is 4.79 Å². The van der Waals surface area contributed by atoms with Crippen LogP contribution < -0.4 is 24.8 Å². The van der Waals surface area contributed by atoms with E-state index in [1.807, 2.05) is 31.2 Å². The molecule has 34 heavy (non-hydrogen) atoms. The summed E-state index contributed by atoms with van der Waals surface area (Å²) >= 11 is 1.43. The standard InChI is InChI=1S/C26H28N2O5S/c1-5-24(26(30)28-22-16-20(32-3)12-13-23(22)33-4)34-21-11-7-9-18(15-21)27-25(29)17-8-6-10-19(14-17)31-2/h6-16,24H,5H2,1-4H3,(H,27,29)(H,28,30). The molecule has 0 saturated heterocycles. The fourth-order valence-corrected chi connectivity index (χ4v) is 4.24. The van der Waals surface area contributed by atoms with Crippen LogP contribution in [-0.4, -0.2) is 38.4 Å². The van der Waals surface area contributed by atoms with E-state index in [0.29, 0.717) is 40.6 Å². The van der Waals surface area contributed by atoms with Gasteiger partial charge < -0.3 is 24.8 Å². The van der Waals surface area contributed by atoms with Gasteiger partial charge in [-0.2, -0.15) is 0 Å². The fourth-order valence-electron chi connectivity index (χ4n) is 3.23. The number of amides is 2. The maximum atomic E-state index is 13.0. The van der Waals surface area contributed by atoms with E-state index in [2.05, 4.69) is 10.6 Å². The molecule has 0 aromatic heterocycles. The quantitative estimate of drug-likeness (QED) is 0.374. The van der Waals surface area contributed by atoms with Crippen molar-refractivity contribution < 1.29 is 23.8 Å². The highest BCUT2D eigenvalue weighted by atomic mass is 32.2. The highest BCUT2D eigenvalue weighted by Gasteiger charge is 2.20. The van der Waals surface area contributed by atoms with Gasteiger partial charge in [-0.3, -0.25) is 9.59 Å². The number of nitrogens with one attached hydrogen (secondary N) is 2. The average Bonchev–Trinajstić information content (AvgIpc) is 2.87. The summed E-state index contributed by atoms with van der Waals surface area (Å²) in [4.78, 5) is 26.5. The number of carbonyl (C=O) groups is 2. The summed E-state index contributed by atoms with van der Waals surface area (Å²) in [6.07, 6.45) is 0.614. The molecule has 3 aromatic carbocycles. The Balaban J connectivity index is 1.70. The molecule has 0 spiro atoms. The van der Waals surface area contributed by atoms with Gasteiger partial charge in [0.05, 0.1) is 32.3 Å². The largest absolute Gasteiger partial charge is 0.497 e. The van der Waals surface area contributed by atoms with Crippen molar-refractivity contribution in [1.82, 2.24) is 0 Å². The Hall–Kier alpha value is -3.65. The highest BCUT2D eigenvalue weighted by molar-refractivity contribution is 8.00. The number of hydrogen-bond donors (Lipinski definition) is 2. The maximum absolute atomic E-state index is 13.0. The van der Waals surface area contributed by atoms with E-state index >= 15 is 0 Å². The molecule has 0 radical (unpaired) electrons. The van der Waals surface area contributed by atoms with Gasteiger partial charge in [0.25, 0.3) is 5.91 Å². The molecule has 0 aliphatic rings.